The number of hydrogen-bond donors (Lipinski definition) is 2. The van der Waals surface area contributed by atoms with Gasteiger partial charge < -0.3 is 14.8 Å². The highest BCUT2D eigenvalue weighted by molar-refractivity contribution is 5.71. The van der Waals surface area contributed by atoms with Gasteiger partial charge in [0.25, 0.3) is 0 Å². The number of aryl methyl sites for hydroxylation is 1. The number of rotatable bonds is 5. The molecule has 5 nitrogen and oxygen atoms in total. The van der Waals surface area contributed by atoms with E-state index in [9.17, 15) is 0 Å². The van der Waals surface area contributed by atoms with Crippen LogP contribution in [0.1, 0.15) is 12.2 Å². The molecule has 2 aromatic heterocycles. The van der Waals surface area contributed by atoms with E-state index in [4.69, 9.17) is 10.2 Å². The highest BCUT2D eigenvalue weighted by Gasteiger charge is 2.10. The van der Waals surface area contributed by atoms with Crippen molar-refractivity contribution in [1.82, 2.24) is 14.5 Å². The fraction of sp³-hybridized carbons (Fsp3) is 0.455. The lowest BCUT2D eigenvalue weighted by Crippen LogP contribution is -2.07. The molecule has 0 atom stereocenters. The summed E-state index contributed by atoms with van der Waals surface area (Å²) < 4.78 is 1.96. The molecule has 0 amide bonds. The first-order valence-electron chi connectivity index (χ1n) is 5.38. The maximum Gasteiger partial charge on any atom is 0.159 e. The van der Waals surface area contributed by atoms with Crippen LogP contribution >= 0.6 is 0 Å². The molecule has 2 heterocycles. The van der Waals surface area contributed by atoms with Crippen LogP contribution in [-0.2, 0) is 13.0 Å². The third-order valence-electron chi connectivity index (χ3n) is 2.46. The van der Waals surface area contributed by atoms with Crippen LogP contribution in [-0.4, -0.2) is 38.0 Å². The van der Waals surface area contributed by atoms with E-state index in [0.717, 1.165) is 17.0 Å². The van der Waals surface area contributed by atoms with Crippen molar-refractivity contribution >= 4 is 11.2 Å². The van der Waals surface area contributed by atoms with Gasteiger partial charge in [-0.15, -0.1) is 0 Å². The van der Waals surface area contributed by atoms with Crippen LogP contribution < -0.4 is 0 Å². The standard InChI is InChI=1S/C11H15N3O2/c15-7-2-6-14-10(4-8-16)13-9-3-1-5-12-11(9)14/h1,3,5,15-16H,2,4,6-8H2. The molecule has 0 aliphatic carbocycles. The number of imidazole rings is 1. The number of hydrogen-bond acceptors (Lipinski definition) is 4. The van der Waals surface area contributed by atoms with Crippen molar-refractivity contribution in [1.29, 1.82) is 0 Å². The molecule has 16 heavy (non-hydrogen) atoms. The van der Waals surface area contributed by atoms with Gasteiger partial charge in [0.1, 0.15) is 11.3 Å². The lowest BCUT2D eigenvalue weighted by atomic mass is 10.4. The van der Waals surface area contributed by atoms with Crippen molar-refractivity contribution in [2.45, 2.75) is 19.4 Å². The largest absolute Gasteiger partial charge is 0.396 e. The minimum Gasteiger partial charge on any atom is -0.396 e. The van der Waals surface area contributed by atoms with E-state index < -0.39 is 0 Å². The Morgan fingerprint density at radius 1 is 1.25 bits per heavy atom. The molecule has 0 aromatic carbocycles. The second-order valence-corrected chi connectivity index (χ2v) is 3.58. The quantitative estimate of drug-likeness (QED) is 0.764. The SMILES string of the molecule is OCCCn1c(CCO)nc2cccnc21. The van der Waals surface area contributed by atoms with E-state index in [0.29, 0.717) is 19.4 Å². The summed E-state index contributed by atoms with van der Waals surface area (Å²) in [6.45, 7) is 0.896. The van der Waals surface area contributed by atoms with E-state index in [1.54, 1.807) is 6.20 Å². The Morgan fingerprint density at radius 3 is 2.88 bits per heavy atom. The van der Waals surface area contributed by atoms with E-state index in [2.05, 4.69) is 9.97 Å². The third-order valence-corrected chi connectivity index (χ3v) is 2.46. The molecule has 0 radical (unpaired) electrons. The molecule has 2 rings (SSSR count). The van der Waals surface area contributed by atoms with Crippen molar-refractivity contribution < 1.29 is 10.2 Å². The van der Waals surface area contributed by atoms with Crippen molar-refractivity contribution in [3.05, 3.63) is 24.2 Å². The Balaban J connectivity index is 2.42. The van der Waals surface area contributed by atoms with Gasteiger partial charge in [-0.3, -0.25) is 0 Å². The smallest absolute Gasteiger partial charge is 0.159 e. The molecule has 0 aliphatic heterocycles. The third kappa shape index (κ3) is 2.05. The second kappa shape index (κ2) is 5.05. The van der Waals surface area contributed by atoms with Crippen LogP contribution in [0.4, 0.5) is 0 Å². The summed E-state index contributed by atoms with van der Waals surface area (Å²) in [5.41, 5.74) is 1.66. The number of fused-ring (bicyclic) bond motifs is 1. The van der Waals surface area contributed by atoms with Gasteiger partial charge in [0.05, 0.1) is 6.61 Å². The molecule has 0 bridgehead atoms. The molecule has 0 saturated carbocycles. The van der Waals surface area contributed by atoms with Gasteiger partial charge in [0.15, 0.2) is 5.65 Å². The van der Waals surface area contributed by atoms with Crippen LogP contribution in [0.25, 0.3) is 11.2 Å². The Morgan fingerprint density at radius 2 is 2.12 bits per heavy atom. The molecule has 86 valence electrons. The van der Waals surface area contributed by atoms with Crippen LogP contribution in [0.5, 0.6) is 0 Å². The minimum absolute atomic E-state index is 0.0719. The molecular weight excluding hydrogens is 206 g/mol. The van der Waals surface area contributed by atoms with Gasteiger partial charge in [-0.05, 0) is 18.6 Å². The molecule has 2 aromatic rings. The van der Waals surface area contributed by atoms with Gasteiger partial charge in [-0.25, -0.2) is 9.97 Å². The first-order chi connectivity index (χ1) is 7.86. The van der Waals surface area contributed by atoms with Gasteiger partial charge in [0, 0.05) is 25.8 Å². The Kier molecular flexibility index (Phi) is 3.48. The van der Waals surface area contributed by atoms with Crippen LogP contribution in [0.3, 0.4) is 0 Å². The van der Waals surface area contributed by atoms with E-state index in [-0.39, 0.29) is 13.2 Å². The van der Waals surface area contributed by atoms with Gasteiger partial charge in [0.2, 0.25) is 0 Å². The first kappa shape index (κ1) is 11.0. The summed E-state index contributed by atoms with van der Waals surface area (Å²) in [5, 5.41) is 17.8. The number of pyridine rings is 1. The monoisotopic (exact) mass is 221 g/mol. The second-order valence-electron chi connectivity index (χ2n) is 3.58. The maximum atomic E-state index is 8.97. The highest BCUT2D eigenvalue weighted by Crippen LogP contribution is 2.14. The number of aliphatic hydroxyl groups is 2. The van der Waals surface area contributed by atoms with E-state index in [1.807, 2.05) is 16.7 Å². The zero-order valence-corrected chi connectivity index (χ0v) is 9.00. The highest BCUT2D eigenvalue weighted by atomic mass is 16.3. The maximum absolute atomic E-state index is 8.97. The average molecular weight is 221 g/mol. The van der Waals surface area contributed by atoms with Crippen molar-refractivity contribution in [3.63, 3.8) is 0 Å². The van der Waals surface area contributed by atoms with E-state index >= 15 is 0 Å². The van der Waals surface area contributed by atoms with Crippen molar-refractivity contribution in [2.24, 2.45) is 0 Å². The summed E-state index contributed by atoms with van der Waals surface area (Å²) in [5.74, 6) is 0.824. The summed E-state index contributed by atoms with van der Waals surface area (Å²) in [6, 6.07) is 3.74. The fourth-order valence-electron chi connectivity index (χ4n) is 1.76. The normalized spacial score (nSPS) is 11.1. The molecule has 0 spiro atoms. The van der Waals surface area contributed by atoms with Gasteiger partial charge in [-0.1, -0.05) is 0 Å². The van der Waals surface area contributed by atoms with Crippen molar-refractivity contribution in [3.8, 4) is 0 Å². The van der Waals surface area contributed by atoms with Gasteiger partial charge >= 0.3 is 0 Å². The predicted molar refractivity (Wildman–Crippen MR) is 60.0 cm³/mol. The summed E-state index contributed by atoms with van der Waals surface area (Å²) in [4.78, 5) is 8.69. The number of aliphatic hydroxyl groups excluding tert-OH is 2. The fourth-order valence-corrected chi connectivity index (χ4v) is 1.76. The lowest BCUT2D eigenvalue weighted by molar-refractivity contribution is 0.276. The zero-order chi connectivity index (χ0) is 11.4. The lowest BCUT2D eigenvalue weighted by Gasteiger charge is -2.06. The first-order valence-corrected chi connectivity index (χ1v) is 5.38. The Bertz CT molecular complexity index is 467. The minimum atomic E-state index is 0.0719. The molecule has 0 saturated heterocycles. The van der Waals surface area contributed by atoms with Gasteiger partial charge in [-0.2, -0.15) is 0 Å². The summed E-state index contributed by atoms with van der Waals surface area (Å²) in [6.07, 6.45) is 2.91. The van der Waals surface area contributed by atoms with E-state index in [1.165, 1.54) is 0 Å². The Labute approximate surface area is 93.4 Å². The number of nitrogens with zero attached hydrogens (tertiary/aromatic N) is 3. The molecule has 2 N–H and O–H groups in total. The molecule has 0 fully saturated rings. The van der Waals surface area contributed by atoms with Crippen LogP contribution in [0.15, 0.2) is 18.3 Å². The summed E-state index contributed by atoms with van der Waals surface area (Å²) in [7, 11) is 0. The molecular formula is C11H15N3O2. The average Bonchev–Trinajstić information content (AvgIpc) is 2.65. The van der Waals surface area contributed by atoms with Crippen LogP contribution in [0, 0.1) is 0 Å². The molecule has 0 unspecified atom stereocenters. The molecule has 5 heteroatoms. The Hall–Kier alpha value is -1.46. The molecule has 0 aliphatic rings. The summed E-state index contributed by atoms with van der Waals surface area (Å²) >= 11 is 0. The topological polar surface area (TPSA) is 71.2 Å². The number of aromatic nitrogens is 3. The van der Waals surface area contributed by atoms with Crippen molar-refractivity contribution in [2.75, 3.05) is 13.2 Å². The predicted octanol–water partition coefficient (Wildman–Crippen LogP) is 0.348. The zero-order valence-electron chi connectivity index (χ0n) is 9.00. The van der Waals surface area contributed by atoms with Crippen LogP contribution in [0.2, 0.25) is 0 Å².